The molecule has 0 aromatic heterocycles. The van der Waals surface area contributed by atoms with Crippen LogP contribution in [0.1, 0.15) is 13.8 Å². The fourth-order valence-corrected chi connectivity index (χ4v) is 2.83. The van der Waals surface area contributed by atoms with Crippen molar-refractivity contribution in [2.75, 3.05) is 26.5 Å². The molecule has 1 aromatic rings. The molecule has 0 saturated carbocycles. The highest BCUT2D eigenvalue weighted by Crippen LogP contribution is 2.13. The van der Waals surface area contributed by atoms with Crippen molar-refractivity contribution in [2.45, 2.75) is 18.7 Å². The van der Waals surface area contributed by atoms with Gasteiger partial charge in [0.05, 0.1) is 10.6 Å². The molecule has 0 aliphatic heterocycles. The van der Waals surface area contributed by atoms with Crippen LogP contribution in [0.25, 0.3) is 0 Å². The maximum atomic E-state index is 12.0. The van der Waals surface area contributed by atoms with Gasteiger partial charge in [0.25, 0.3) is 0 Å². The Bertz CT molecular complexity index is 550. The minimum Gasteiger partial charge on any atom is -0.462 e. The minimum atomic E-state index is -3.32. The van der Waals surface area contributed by atoms with Crippen LogP contribution in [0.15, 0.2) is 46.9 Å². The number of benzene rings is 1. The Kier molecular flexibility index (Phi) is 9.32. The Labute approximate surface area is 126 Å². The van der Waals surface area contributed by atoms with Crippen molar-refractivity contribution in [1.29, 1.82) is 0 Å². The van der Waals surface area contributed by atoms with E-state index < -0.39 is 9.84 Å². The van der Waals surface area contributed by atoms with E-state index in [2.05, 4.69) is 5.32 Å². The molecule has 118 valence electrons. The lowest BCUT2D eigenvalue weighted by molar-refractivity contribution is -0.139. The number of rotatable bonds is 5. The first kappa shape index (κ1) is 19.3. The van der Waals surface area contributed by atoms with Crippen LogP contribution in [0, 0.1) is 0 Å². The largest absolute Gasteiger partial charge is 0.462 e. The molecule has 0 amide bonds. The summed E-state index contributed by atoms with van der Waals surface area (Å²) >= 11 is 0. The molecular weight excluding hydrogens is 290 g/mol. The predicted octanol–water partition coefficient (Wildman–Crippen LogP) is 1.81. The number of hydrogen-bond donors (Lipinski definition) is 1. The number of esters is 1. The van der Waals surface area contributed by atoms with Gasteiger partial charge >= 0.3 is 5.97 Å². The zero-order valence-electron chi connectivity index (χ0n) is 12.9. The average Bonchev–Trinajstić information content (AvgIpc) is 2.39. The molecule has 0 aliphatic carbocycles. The number of nitrogens with one attached hydrogen (secondary N) is 1. The molecule has 1 rings (SSSR count). The van der Waals surface area contributed by atoms with Crippen molar-refractivity contribution in [3.05, 3.63) is 42.0 Å². The molecular formula is C15H23NO4S. The standard InChI is InChI=1S/C13H16O4S.C2H7N/c1-11(8-9-17-12(2)14)10-18(15,16)13-6-4-3-5-7-13;1-3-2/h3-8H,9-10H2,1-2H3;3H,1-2H3. The number of carbonyl (C=O) groups excluding carboxylic acids is 1. The molecule has 1 N–H and O–H groups in total. The van der Waals surface area contributed by atoms with Crippen LogP contribution >= 0.6 is 0 Å². The molecule has 0 radical (unpaired) electrons. The first-order chi connectivity index (χ1) is 9.83. The molecule has 0 saturated heterocycles. The van der Waals surface area contributed by atoms with Crippen LogP contribution in [0.3, 0.4) is 0 Å². The van der Waals surface area contributed by atoms with Gasteiger partial charge in [-0.2, -0.15) is 0 Å². The Balaban J connectivity index is 0.00000122. The summed E-state index contributed by atoms with van der Waals surface area (Å²) in [7, 11) is 0.431. The van der Waals surface area contributed by atoms with E-state index in [0.717, 1.165) is 0 Å². The molecule has 0 atom stereocenters. The Morgan fingerprint density at radius 2 is 1.71 bits per heavy atom. The zero-order chi connectivity index (χ0) is 16.3. The van der Waals surface area contributed by atoms with Gasteiger partial charge in [-0.1, -0.05) is 23.8 Å². The third-order valence-corrected chi connectivity index (χ3v) is 4.06. The van der Waals surface area contributed by atoms with E-state index in [4.69, 9.17) is 4.74 Å². The molecule has 0 unspecified atom stereocenters. The Hall–Kier alpha value is -1.66. The highest BCUT2D eigenvalue weighted by Gasteiger charge is 2.14. The van der Waals surface area contributed by atoms with Gasteiger partial charge in [-0.05, 0) is 39.2 Å². The van der Waals surface area contributed by atoms with E-state index in [-0.39, 0.29) is 18.3 Å². The zero-order valence-corrected chi connectivity index (χ0v) is 13.7. The molecule has 1 aromatic carbocycles. The quantitative estimate of drug-likeness (QED) is 0.663. The van der Waals surface area contributed by atoms with Crippen LogP contribution in [-0.2, 0) is 19.4 Å². The second-order valence-electron chi connectivity index (χ2n) is 4.43. The van der Waals surface area contributed by atoms with Gasteiger partial charge in [-0.15, -0.1) is 0 Å². The smallest absolute Gasteiger partial charge is 0.302 e. The summed E-state index contributed by atoms with van der Waals surface area (Å²) in [5.74, 6) is -0.455. The van der Waals surface area contributed by atoms with Crippen LogP contribution in [0.2, 0.25) is 0 Å². The maximum absolute atomic E-state index is 12.0. The van der Waals surface area contributed by atoms with Crippen LogP contribution in [0.4, 0.5) is 0 Å². The number of carbonyl (C=O) groups is 1. The normalized spacial score (nSPS) is 11.3. The fourth-order valence-electron chi connectivity index (χ4n) is 1.37. The van der Waals surface area contributed by atoms with Crippen molar-refractivity contribution in [2.24, 2.45) is 0 Å². The summed E-state index contributed by atoms with van der Waals surface area (Å²) in [5, 5.41) is 2.75. The predicted molar refractivity (Wildman–Crippen MR) is 83.9 cm³/mol. The van der Waals surface area contributed by atoms with Crippen molar-refractivity contribution in [1.82, 2.24) is 5.32 Å². The molecule has 0 fully saturated rings. The van der Waals surface area contributed by atoms with Crippen molar-refractivity contribution in [3.8, 4) is 0 Å². The molecule has 6 heteroatoms. The Morgan fingerprint density at radius 3 is 2.19 bits per heavy atom. The number of hydrogen-bond acceptors (Lipinski definition) is 5. The summed E-state index contributed by atoms with van der Waals surface area (Å²) in [4.78, 5) is 10.9. The first-order valence-electron chi connectivity index (χ1n) is 6.48. The second kappa shape index (κ2) is 10.1. The van der Waals surface area contributed by atoms with E-state index in [1.54, 1.807) is 43.3 Å². The van der Waals surface area contributed by atoms with Gasteiger partial charge in [-0.3, -0.25) is 4.79 Å². The van der Waals surface area contributed by atoms with Crippen molar-refractivity contribution < 1.29 is 17.9 Å². The van der Waals surface area contributed by atoms with Crippen LogP contribution in [-0.4, -0.2) is 40.8 Å². The van der Waals surface area contributed by atoms with E-state index in [0.29, 0.717) is 10.5 Å². The van der Waals surface area contributed by atoms with E-state index >= 15 is 0 Å². The Morgan fingerprint density at radius 1 is 1.19 bits per heavy atom. The van der Waals surface area contributed by atoms with Gasteiger partial charge in [0.2, 0.25) is 0 Å². The average molecular weight is 313 g/mol. The highest BCUT2D eigenvalue weighted by molar-refractivity contribution is 7.91. The van der Waals surface area contributed by atoms with Crippen LogP contribution in [0.5, 0.6) is 0 Å². The molecule has 0 aliphatic rings. The van der Waals surface area contributed by atoms with E-state index in [1.165, 1.54) is 6.92 Å². The lowest BCUT2D eigenvalue weighted by atomic mass is 10.3. The van der Waals surface area contributed by atoms with Crippen molar-refractivity contribution in [3.63, 3.8) is 0 Å². The summed E-state index contributed by atoms with van der Waals surface area (Å²) in [6.07, 6.45) is 1.60. The van der Waals surface area contributed by atoms with Gasteiger partial charge in [0.1, 0.15) is 6.61 Å². The van der Waals surface area contributed by atoms with Gasteiger partial charge in [0.15, 0.2) is 9.84 Å². The lowest BCUT2D eigenvalue weighted by Gasteiger charge is -2.05. The first-order valence-corrected chi connectivity index (χ1v) is 8.14. The van der Waals surface area contributed by atoms with E-state index in [9.17, 15) is 13.2 Å². The van der Waals surface area contributed by atoms with Crippen LogP contribution < -0.4 is 5.32 Å². The number of sulfone groups is 1. The highest BCUT2D eigenvalue weighted by atomic mass is 32.2. The SMILES string of the molecule is CC(=O)OCC=C(C)CS(=O)(=O)c1ccccc1.CNC. The minimum absolute atomic E-state index is 0.0712. The van der Waals surface area contributed by atoms with Gasteiger partial charge < -0.3 is 10.1 Å². The topological polar surface area (TPSA) is 72.5 Å². The fraction of sp³-hybridized carbons (Fsp3) is 0.400. The summed E-state index contributed by atoms with van der Waals surface area (Å²) < 4.78 is 28.7. The van der Waals surface area contributed by atoms with E-state index in [1.807, 2.05) is 14.1 Å². The van der Waals surface area contributed by atoms with Gasteiger partial charge in [-0.25, -0.2) is 8.42 Å². The molecule has 5 nitrogen and oxygen atoms in total. The number of ether oxygens (including phenoxy) is 1. The second-order valence-corrected chi connectivity index (χ2v) is 6.41. The maximum Gasteiger partial charge on any atom is 0.302 e. The molecule has 0 bridgehead atoms. The molecule has 21 heavy (non-hydrogen) atoms. The summed E-state index contributed by atoms with van der Waals surface area (Å²) in [6.45, 7) is 3.11. The van der Waals surface area contributed by atoms with Gasteiger partial charge in [0, 0.05) is 6.92 Å². The van der Waals surface area contributed by atoms with Crippen molar-refractivity contribution >= 4 is 15.8 Å². The molecule has 0 spiro atoms. The third kappa shape index (κ3) is 8.99. The third-order valence-electron chi connectivity index (χ3n) is 2.24. The summed E-state index contributed by atoms with van der Waals surface area (Å²) in [5.41, 5.74) is 0.653. The lowest BCUT2D eigenvalue weighted by Crippen LogP contribution is -2.08. The molecule has 0 heterocycles. The monoisotopic (exact) mass is 313 g/mol. The summed E-state index contributed by atoms with van der Waals surface area (Å²) in [6, 6.07) is 8.27.